The Morgan fingerprint density at radius 1 is 0.950 bits per heavy atom. The summed E-state index contributed by atoms with van der Waals surface area (Å²) in [5.41, 5.74) is 4.39. The van der Waals surface area contributed by atoms with Gasteiger partial charge in [-0.3, -0.25) is 4.58 Å². The lowest BCUT2D eigenvalue weighted by Gasteiger charge is -2.20. The van der Waals surface area contributed by atoms with Crippen molar-refractivity contribution in [1.82, 2.24) is 0 Å². The van der Waals surface area contributed by atoms with Crippen LogP contribution in [0.2, 0.25) is 0 Å². The van der Waals surface area contributed by atoms with Crippen molar-refractivity contribution in [1.29, 1.82) is 0 Å². The van der Waals surface area contributed by atoms with Crippen molar-refractivity contribution in [2.24, 2.45) is 0 Å². The number of nitrogens with zero attached hydrogens (tertiary/aromatic N) is 2. The maximum Gasteiger partial charge on any atom is 0.239 e. The number of benzene rings is 1. The van der Waals surface area contributed by atoms with E-state index in [1.54, 1.807) is 0 Å². The maximum atomic E-state index is 2.46. The van der Waals surface area contributed by atoms with E-state index in [1.165, 1.54) is 16.8 Å². The Morgan fingerprint density at radius 2 is 1.50 bits per heavy atom. The van der Waals surface area contributed by atoms with E-state index in [2.05, 4.69) is 75.6 Å². The van der Waals surface area contributed by atoms with E-state index >= 15 is 0 Å². The first-order valence-corrected chi connectivity index (χ1v) is 7.92. The number of rotatable bonds is 4. The summed E-state index contributed by atoms with van der Waals surface area (Å²) in [5, 5.41) is 0. The molecular formula is C18H29N2+. The summed E-state index contributed by atoms with van der Waals surface area (Å²) in [7, 11) is 0. The third-order valence-electron chi connectivity index (χ3n) is 4.18. The van der Waals surface area contributed by atoms with Crippen LogP contribution in [0.4, 0.5) is 5.69 Å². The van der Waals surface area contributed by atoms with Crippen LogP contribution >= 0.6 is 0 Å². The van der Waals surface area contributed by atoms with E-state index in [0.29, 0.717) is 17.9 Å². The van der Waals surface area contributed by atoms with Crippen LogP contribution in [-0.2, 0) is 0 Å². The van der Waals surface area contributed by atoms with Crippen molar-refractivity contribution in [2.75, 3.05) is 18.0 Å². The molecule has 2 rings (SSSR count). The standard InChI is InChI=1S/C18H29N2/c1-13(2)16-8-7-9-17(14(3)4)18(16)20-11-10-19(12-20)15(5)6/h7-9,12-15H,10-11H2,1-6H3/q+1. The summed E-state index contributed by atoms with van der Waals surface area (Å²) < 4.78 is 2.43. The average Bonchev–Trinajstić information content (AvgIpc) is 2.87. The molecular weight excluding hydrogens is 244 g/mol. The first-order chi connectivity index (χ1) is 9.41. The summed E-state index contributed by atoms with van der Waals surface area (Å²) >= 11 is 0. The fourth-order valence-electron chi connectivity index (χ4n) is 2.92. The van der Waals surface area contributed by atoms with Crippen molar-refractivity contribution >= 4 is 12.0 Å². The lowest BCUT2D eigenvalue weighted by atomic mass is 9.92. The van der Waals surface area contributed by atoms with Crippen LogP contribution in [0.5, 0.6) is 0 Å². The molecule has 2 heteroatoms. The highest BCUT2D eigenvalue weighted by atomic mass is 15.3. The van der Waals surface area contributed by atoms with E-state index in [1.807, 2.05) is 0 Å². The number of para-hydroxylation sites is 1. The minimum absolute atomic E-state index is 0.560. The van der Waals surface area contributed by atoms with Gasteiger partial charge in [-0.05, 0) is 25.7 Å². The zero-order valence-electron chi connectivity index (χ0n) is 13.9. The largest absolute Gasteiger partial charge is 0.262 e. The average molecular weight is 273 g/mol. The molecule has 0 aromatic heterocycles. The fraction of sp³-hybridized carbons (Fsp3) is 0.611. The maximum absolute atomic E-state index is 2.46. The zero-order valence-corrected chi connectivity index (χ0v) is 13.9. The molecule has 0 saturated heterocycles. The third-order valence-corrected chi connectivity index (χ3v) is 4.18. The van der Waals surface area contributed by atoms with Gasteiger partial charge in [0, 0.05) is 11.1 Å². The molecule has 1 aliphatic heterocycles. The lowest BCUT2D eigenvalue weighted by molar-refractivity contribution is -0.545. The molecule has 0 N–H and O–H groups in total. The van der Waals surface area contributed by atoms with Crippen LogP contribution in [0.3, 0.4) is 0 Å². The van der Waals surface area contributed by atoms with Crippen LogP contribution in [-0.4, -0.2) is 30.0 Å². The molecule has 1 aromatic carbocycles. The summed E-state index contributed by atoms with van der Waals surface area (Å²) in [6.45, 7) is 15.9. The van der Waals surface area contributed by atoms with Gasteiger partial charge in [0.1, 0.15) is 18.8 Å². The highest BCUT2D eigenvalue weighted by Gasteiger charge is 2.28. The summed E-state index contributed by atoms with van der Waals surface area (Å²) in [6, 6.07) is 7.37. The number of hydrogen-bond donors (Lipinski definition) is 0. The van der Waals surface area contributed by atoms with Gasteiger partial charge in [-0.2, -0.15) is 0 Å². The van der Waals surface area contributed by atoms with Crippen molar-refractivity contribution in [3.8, 4) is 0 Å². The van der Waals surface area contributed by atoms with Crippen LogP contribution < -0.4 is 4.90 Å². The number of hydrogen-bond acceptors (Lipinski definition) is 1. The van der Waals surface area contributed by atoms with Gasteiger partial charge in [-0.1, -0.05) is 45.9 Å². The summed E-state index contributed by atoms with van der Waals surface area (Å²) in [4.78, 5) is 2.46. The highest BCUT2D eigenvalue weighted by molar-refractivity contribution is 5.81. The van der Waals surface area contributed by atoms with Crippen molar-refractivity contribution < 1.29 is 4.58 Å². The van der Waals surface area contributed by atoms with Gasteiger partial charge < -0.3 is 0 Å². The van der Waals surface area contributed by atoms with Gasteiger partial charge in [0.05, 0.1) is 6.04 Å². The van der Waals surface area contributed by atoms with Gasteiger partial charge in [-0.25, -0.2) is 4.90 Å². The second-order valence-corrected chi connectivity index (χ2v) is 6.73. The normalized spacial score (nSPS) is 15.7. The third kappa shape index (κ3) is 2.89. The second-order valence-electron chi connectivity index (χ2n) is 6.73. The lowest BCUT2D eigenvalue weighted by Crippen LogP contribution is -2.22. The summed E-state index contributed by atoms with van der Waals surface area (Å²) in [6.07, 6.45) is 2.32. The minimum atomic E-state index is 0.560. The molecule has 1 aliphatic rings. The molecule has 2 nitrogen and oxygen atoms in total. The first kappa shape index (κ1) is 15.1. The minimum Gasteiger partial charge on any atom is -0.262 e. The van der Waals surface area contributed by atoms with Gasteiger partial charge in [0.25, 0.3) is 0 Å². The molecule has 0 amide bonds. The van der Waals surface area contributed by atoms with Crippen molar-refractivity contribution in [2.45, 2.75) is 59.4 Å². The Bertz CT molecular complexity index is 472. The molecule has 110 valence electrons. The monoisotopic (exact) mass is 273 g/mol. The predicted molar refractivity (Wildman–Crippen MR) is 88.3 cm³/mol. The van der Waals surface area contributed by atoms with Gasteiger partial charge in [-0.15, -0.1) is 0 Å². The van der Waals surface area contributed by atoms with E-state index in [0.717, 1.165) is 13.1 Å². The van der Waals surface area contributed by atoms with Gasteiger partial charge >= 0.3 is 0 Å². The number of anilines is 1. The van der Waals surface area contributed by atoms with Crippen LogP contribution in [0.1, 0.15) is 64.5 Å². The molecule has 0 bridgehead atoms. The predicted octanol–water partition coefficient (Wildman–Crippen LogP) is 4.20. The quantitative estimate of drug-likeness (QED) is 0.745. The van der Waals surface area contributed by atoms with Crippen LogP contribution in [0.25, 0.3) is 0 Å². The van der Waals surface area contributed by atoms with Crippen LogP contribution in [0, 0.1) is 0 Å². The van der Waals surface area contributed by atoms with Gasteiger partial charge in [0.15, 0.2) is 0 Å². The SMILES string of the molecule is CC(C)c1cccc(C(C)C)c1N1C=[N+](C(C)C)CC1. The molecule has 20 heavy (non-hydrogen) atoms. The highest BCUT2D eigenvalue weighted by Crippen LogP contribution is 2.35. The Hall–Kier alpha value is -1.31. The van der Waals surface area contributed by atoms with E-state index in [4.69, 9.17) is 0 Å². The van der Waals surface area contributed by atoms with Crippen molar-refractivity contribution in [3.05, 3.63) is 29.3 Å². The summed E-state index contributed by atoms with van der Waals surface area (Å²) in [5.74, 6) is 1.12. The topological polar surface area (TPSA) is 6.25 Å². The fourth-order valence-corrected chi connectivity index (χ4v) is 2.92. The molecule has 0 fully saturated rings. The molecule has 0 saturated carbocycles. The molecule has 0 radical (unpaired) electrons. The molecule has 0 aliphatic carbocycles. The van der Waals surface area contributed by atoms with E-state index in [-0.39, 0.29) is 0 Å². The Morgan fingerprint density at radius 3 is 1.90 bits per heavy atom. The van der Waals surface area contributed by atoms with E-state index in [9.17, 15) is 0 Å². The molecule has 0 spiro atoms. The molecule has 0 unspecified atom stereocenters. The van der Waals surface area contributed by atoms with Gasteiger partial charge in [0.2, 0.25) is 6.34 Å². The molecule has 0 atom stereocenters. The first-order valence-electron chi connectivity index (χ1n) is 7.92. The zero-order chi connectivity index (χ0) is 14.9. The molecule has 1 heterocycles. The smallest absolute Gasteiger partial charge is 0.239 e. The Kier molecular flexibility index (Phi) is 4.52. The second kappa shape index (κ2) is 5.99. The van der Waals surface area contributed by atoms with E-state index < -0.39 is 0 Å². The Balaban J connectivity index is 2.49. The van der Waals surface area contributed by atoms with Crippen molar-refractivity contribution in [3.63, 3.8) is 0 Å². The van der Waals surface area contributed by atoms with Crippen LogP contribution in [0.15, 0.2) is 18.2 Å². The molecule has 1 aromatic rings. The Labute approximate surface area is 124 Å².